The smallest absolute Gasteiger partial charge is 0.101 e. The van der Waals surface area contributed by atoms with Crippen molar-refractivity contribution >= 4 is 17.3 Å². The molecule has 0 aromatic heterocycles. The first kappa shape index (κ1) is 12.2. The highest BCUT2D eigenvalue weighted by Gasteiger charge is 2.19. The molecule has 1 aliphatic rings. The highest BCUT2D eigenvalue weighted by atomic mass is 35.5. The normalized spacial score (nSPS) is 24.1. The maximum atomic E-state index is 9.03. The fourth-order valence-electron chi connectivity index (χ4n) is 2.08. The van der Waals surface area contributed by atoms with Gasteiger partial charge < -0.3 is 10.1 Å². The molecule has 1 aliphatic heterocycles. The van der Waals surface area contributed by atoms with Gasteiger partial charge in [0.05, 0.1) is 17.4 Å². The van der Waals surface area contributed by atoms with E-state index in [1.807, 2.05) is 0 Å². The van der Waals surface area contributed by atoms with Gasteiger partial charge in [-0.3, -0.25) is 0 Å². The maximum Gasteiger partial charge on any atom is 0.101 e. The molecule has 1 aromatic rings. The summed E-state index contributed by atoms with van der Waals surface area (Å²) in [6.07, 6.45) is 2.19. The standard InChI is InChI=1S/C13H15ClN2O/c1-9-6-12(4-5-17-9)16-13-7-11(14)3-2-10(13)8-15/h2-3,7,9,12,16H,4-6H2,1H3. The van der Waals surface area contributed by atoms with E-state index in [0.29, 0.717) is 16.6 Å². The van der Waals surface area contributed by atoms with Crippen LogP contribution in [0.3, 0.4) is 0 Å². The Morgan fingerprint density at radius 2 is 2.35 bits per heavy atom. The maximum absolute atomic E-state index is 9.03. The van der Waals surface area contributed by atoms with Gasteiger partial charge in [0.15, 0.2) is 0 Å². The van der Waals surface area contributed by atoms with Crippen LogP contribution in [0.5, 0.6) is 0 Å². The number of hydrogen-bond donors (Lipinski definition) is 1. The Hall–Kier alpha value is -1.24. The number of nitrogens with zero attached hydrogens (tertiary/aromatic N) is 1. The van der Waals surface area contributed by atoms with Gasteiger partial charge in [0, 0.05) is 17.7 Å². The molecule has 0 aliphatic carbocycles. The van der Waals surface area contributed by atoms with Crippen molar-refractivity contribution in [1.29, 1.82) is 5.26 Å². The largest absolute Gasteiger partial charge is 0.381 e. The molecule has 90 valence electrons. The number of ether oxygens (including phenoxy) is 1. The summed E-state index contributed by atoms with van der Waals surface area (Å²) >= 11 is 5.95. The van der Waals surface area contributed by atoms with Crippen LogP contribution in [0.25, 0.3) is 0 Å². The van der Waals surface area contributed by atoms with Crippen LogP contribution < -0.4 is 5.32 Å². The molecule has 17 heavy (non-hydrogen) atoms. The van der Waals surface area contributed by atoms with E-state index in [-0.39, 0.29) is 6.10 Å². The van der Waals surface area contributed by atoms with Crippen molar-refractivity contribution in [2.24, 2.45) is 0 Å². The molecule has 0 bridgehead atoms. The zero-order valence-corrected chi connectivity index (χ0v) is 10.5. The van der Waals surface area contributed by atoms with Gasteiger partial charge in [0.25, 0.3) is 0 Å². The second kappa shape index (κ2) is 5.39. The minimum absolute atomic E-state index is 0.269. The first-order chi connectivity index (χ1) is 8.19. The van der Waals surface area contributed by atoms with E-state index < -0.39 is 0 Å². The van der Waals surface area contributed by atoms with Crippen molar-refractivity contribution in [2.45, 2.75) is 31.9 Å². The lowest BCUT2D eigenvalue weighted by Gasteiger charge is -2.29. The zero-order valence-electron chi connectivity index (χ0n) is 9.74. The summed E-state index contributed by atoms with van der Waals surface area (Å²) in [6, 6.07) is 7.81. The fourth-order valence-corrected chi connectivity index (χ4v) is 2.25. The minimum atomic E-state index is 0.269. The summed E-state index contributed by atoms with van der Waals surface area (Å²) in [5.74, 6) is 0. The molecule has 2 atom stereocenters. The van der Waals surface area contributed by atoms with Gasteiger partial charge in [-0.05, 0) is 38.0 Å². The fraction of sp³-hybridized carbons (Fsp3) is 0.462. The third-order valence-corrected chi connectivity index (χ3v) is 3.18. The number of rotatable bonds is 2. The molecular weight excluding hydrogens is 236 g/mol. The van der Waals surface area contributed by atoms with Gasteiger partial charge in [-0.1, -0.05) is 11.6 Å². The second-order valence-electron chi connectivity index (χ2n) is 4.35. The van der Waals surface area contributed by atoms with Crippen LogP contribution in [0.2, 0.25) is 5.02 Å². The lowest BCUT2D eigenvalue weighted by atomic mass is 10.0. The van der Waals surface area contributed by atoms with Gasteiger partial charge >= 0.3 is 0 Å². The van der Waals surface area contributed by atoms with Crippen LogP contribution >= 0.6 is 11.6 Å². The number of anilines is 1. The molecule has 2 unspecified atom stereocenters. The molecule has 0 radical (unpaired) electrons. The lowest BCUT2D eigenvalue weighted by Crippen LogP contribution is -2.32. The SMILES string of the molecule is CC1CC(Nc2cc(Cl)ccc2C#N)CCO1. The number of halogens is 1. The summed E-state index contributed by atoms with van der Waals surface area (Å²) in [4.78, 5) is 0. The number of hydrogen-bond acceptors (Lipinski definition) is 3. The molecule has 1 fully saturated rings. The molecule has 4 heteroatoms. The average molecular weight is 251 g/mol. The average Bonchev–Trinajstić information content (AvgIpc) is 2.29. The molecule has 3 nitrogen and oxygen atoms in total. The quantitative estimate of drug-likeness (QED) is 0.877. The predicted octanol–water partition coefficient (Wildman–Crippen LogP) is 3.19. The Morgan fingerprint density at radius 3 is 3.06 bits per heavy atom. The van der Waals surface area contributed by atoms with E-state index in [2.05, 4.69) is 18.3 Å². The number of benzene rings is 1. The minimum Gasteiger partial charge on any atom is -0.381 e. The Kier molecular flexibility index (Phi) is 3.88. The second-order valence-corrected chi connectivity index (χ2v) is 4.79. The molecule has 0 spiro atoms. The van der Waals surface area contributed by atoms with Gasteiger partial charge in [0.2, 0.25) is 0 Å². The van der Waals surface area contributed by atoms with Gasteiger partial charge in [-0.25, -0.2) is 0 Å². The number of nitrogens with one attached hydrogen (secondary N) is 1. The molecular formula is C13H15ClN2O. The van der Waals surface area contributed by atoms with E-state index in [1.165, 1.54) is 0 Å². The van der Waals surface area contributed by atoms with Crippen molar-refractivity contribution in [3.8, 4) is 6.07 Å². The highest BCUT2D eigenvalue weighted by Crippen LogP contribution is 2.24. The topological polar surface area (TPSA) is 45.0 Å². The van der Waals surface area contributed by atoms with E-state index in [9.17, 15) is 0 Å². The zero-order chi connectivity index (χ0) is 12.3. The van der Waals surface area contributed by atoms with Crippen LogP contribution in [0.4, 0.5) is 5.69 Å². The summed E-state index contributed by atoms with van der Waals surface area (Å²) in [6.45, 7) is 2.83. The molecule has 1 aromatic carbocycles. The van der Waals surface area contributed by atoms with Gasteiger partial charge in [-0.15, -0.1) is 0 Å². The van der Waals surface area contributed by atoms with E-state index in [1.54, 1.807) is 18.2 Å². The molecule has 1 heterocycles. The predicted molar refractivity (Wildman–Crippen MR) is 68.2 cm³/mol. The first-order valence-electron chi connectivity index (χ1n) is 5.77. The van der Waals surface area contributed by atoms with Crippen LogP contribution in [0.15, 0.2) is 18.2 Å². The summed E-state index contributed by atoms with van der Waals surface area (Å²) < 4.78 is 5.49. The van der Waals surface area contributed by atoms with Gasteiger partial charge in [0.1, 0.15) is 6.07 Å². The third-order valence-electron chi connectivity index (χ3n) is 2.95. The monoisotopic (exact) mass is 250 g/mol. The van der Waals surface area contributed by atoms with Crippen molar-refractivity contribution < 1.29 is 4.74 Å². The van der Waals surface area contributed by atoms with E-state index in [4.69, 9.17) is 21.6 Å². The summed E-state index contributed by atoms with van der Waals surface area (Å²) in [7, 11) is 0. The van der Waals surface area contributed by atoms with E-state index >= 15 is 0 Å². The highest BCUT2D eigenvalue weighted by molar-refractivity contribution is 6.30. The van der Waals surface area contributed by atoms with Crippen LogP contribution in [0.1, 0.15) is 25.3 Å². The summed E-state index contributed by atoms with van der Waals surface area (Å²) in [5, 5.41) is 13.1. The van der Waals surface area contributed by atoms with Crippen molar-refractivity contribution in [1.82, 2.24) is 0 Å². The van der Waals surface area contributed by atoms with Gasteiger partial charge in [-0.2, -0.15) is 5.26 Å². The summed E-state index contributed by atoms with van der Waals surface area (Å²) in [5.41, 5.74) is 1.45. The lowest BCUT2D eigenvalue weighted by molar-refractivity contribution is 0.0232. The van der Waals surface area contributed by atoms with Crippen LogP contribution in [-0.2, 0) is 4.74 Å². The first-order valence-corrected chi connectivity index (χ1v) is 6.14. The molecule has 0 amide bonds. The molecule has 1 saturated heterocycles. The molecule has 2 rings (SSSR count). The third kappa shape index (κ3) is 3.12. The van der Waals surface area contributed by atoms with Crippen molar-refractivity contribution in [3.63, 3.8) is 0 Å². The van der Waals surface area contributed by atoms with Crippen molar-refractivity contribution in [2.75, 3.05) is 11.9 Å². The molecule has 0 saturated carbocycles. The van der Waals surface area contributed by atoms with Crippen LogP contribution in [0, 0.1) is 11.3 Å². The Bertz CT molecular complexity index is 442. The van der Waals surface area contributed by atoms with Crippen LogP contribution in [-0.4, -0.2) is 18.8 Å². The van der Waals surface area contributed by atoms with E-state index in [0.717, 1.165) is 25.1 Å². The number of nitriles is 1. The Labute approximate surface area is 106 Å². The Morgan fingerprint density at radius 1 is 1.53 bits per heavy atom. The van der Waals surface area contributed by atoms with Crippen molar-refractivity contribution in [3.05, 3.63) is 28.8 Å². The Balaban J connectivity index is 2.12. The molecule has 1 N–H and O–H groups in total.